The topological polar surface area (TPSA) is 0 Å². The smallest absolute Gasteiger partial charge is 0.00850 e. The molecule has 1 fully saturated rings. The van der Waals surface area contributed by atoms with E-state index in [0.29, 0.717) is 0 Å². The average molecular weight is 225 g/mol. The van der Waals surface area contributed by atoms with Gasteiger partial charge in [0.1, 0.15) is 0 Å². The zero-order chi connectivity index (χ0) is 11.5. The van der Waals surface area contributed by atoms with E-state index in [2.05, 4.69) is 30.4 Å². The molecule has 0 nitrogen and oxygen atoms in total. The Labute approximate surface area is 105 Å². The molecule has 3 aliphatic carbocycles. The first-order valence-corrected chi connectivity index (χ1v) is 7.10. The Kier molecular flexibility index (Phi) is 3.31. The van der Waals surface area contributed by atoms with Crippen LogP contribution in [-0.4, -0.2) is 0 Å². The van der Waals surface area contributed by atoms with Gasteiger partial charge in [-0.2, -0.15) is 0 Å². The van der Waals surface area contributed by atoms with Crippen molar-refractivity contribution in [2.45, 2.75) is 51.4 Å². The second kappa shape index (κ2) is 5.08. The molecule has 0 N–H and O–H groups in total. The minimum Gasteiger partial charge on any atom is -0.0798 e. The van der Waals surface area contributed by atoms with E-state index in [0.717, 1.165) is 18.8 Å². The van der Waals surface area contributed by atoms with Crippen LogP contribution in [0.1, 0.15) is 51.4 Å². The van der Waals surface area contributed by atoms with Gasteiger partial charge in [0.15, 0.2) is 0 Å². The van der Waals surface area contributed by atoms with Crippen molar-refractivity contribution in [3.8, 4) is 0 Å². The first-order chi connectivity index (χ1) is 8.43. The third-order valence-corrected chi connectivity index (χ3v) is 4.28. The second-order valence-corrected chi connectivity index (χ2v) is 5.52. The lowest BCUT2D eigenvalue weighted by molar-refractivity contribution is 0.357. The fraction of sp³-hybridized carbons (Fsp3) is 0.529. The van der Waals surface area contributed by atoms with Gasteiger partial charge < -0.3 is 0 Å². The van der Waals surface area contributed by atoms with Gasteiger partial charge in [-0.3, -0.25) is 0 Å². The van der Waals surface area contributed by atoms with Crippen molar-refractivity contribution in [2.75, 3.05) is 0 Å². The van der Waals surface area contributed by atoms with E-state index in [-0.39, 0.29) is 0 Å². The molecule has 0 bridgehead atoms. The number of rotatable bonds is 3. The van der Waals surface area contributed by atoms with Crippen LogP contribution in [0.15, 0.2) is 41.0 Å². The highest BCUT2D eigenvalue weighted by molar-refractivity contribution is 5.51. The summed E-state index contributed by atoms with van der Waals surface area (Å²) in [5, 5.41) is 0. The van der Waals surface area contributed by atoms with Gasteiger partial charge in [-0.05, 0) is 48.0 Å². The Hall–Kier alpha value is -1.04. The first kappa shape index (κ1) is 11.1. The van der Waals surface area contributed by atoms with Crippen LogP contribution in [0.4, 0.5) is 0 Å². The SMILES string of the molecule is [C]1=C(C2=C(CC3CCCCC3)C=CC2)C=CC1. The van der Waals surface area contributed by atoms with Crippen molar-refractivity contribution in [1.82, 2.24) is 0 Å². The summed E-state index contributed by atoms with van der Waals surface area (Å²) >= 11 is 0. The molecule has 3 rings (SSSR count). The Bertz CT molecular complexity index is 398. The molecule has 0 aromatic heterocycles. The Morgan fingerprint density at radius 3 is 2.71 bits per heavy atom. The van der Waals surface area contributed by atoms with E-state index in [1.165, 1.54) is 44.1 Å². The van der Waals surface area contributed by atoms with Gasteiger partial charge in [0.05, 0.1) is 0 Å². The van der Waals surface area contributed by atoms with Crippen molar-refractivity contribution >= 4 is 0 Å². The highest BCUT2D eigenvalue weighted by Gasteiger charge is 2.19. The summed E-state index contributed by atoms with van der Waals surface area (Å²) in [5.74, 6) is 0.947. The maximum Gasteiger partial charge on any atom is -0.00850 e. The molecule has 0 spiro atoms. The summed E-state index contributed by atoms with van der Waals surface area (Å²) in [6.45, 7) is 0. The zero-order valence-electron chi connectivity index (χ0n) is 10.5. The molecule has 89 valence electrons. The Morgan fingerprint density at radius 2 is 1.94 bits per heavy atom. The van der Waals surface area contributed by atoms with E-state index < -0.39 is 0 Å². The summed E-state index contributed by atoms with van der Waals surface area (Å²) in [4.78, 5) is 0. The maximum atomic E-state index is 3.47. The molecule has 17 heavy (non-hydrogen) atoms. The summed E-state index contributed by atoms with van der Waals surface area (Å²) in [6.07, 6.45) is 23.3. The molecule has 0 aromatic carbocycles. The van der Waals surface area contributed by atoms with Crippen molar-refractivity contribution in [3.05, 3.63) is 47.1 Å². The molecule has 1 radical (unpaired) electrons. The van der Waals surface area contributed by atoms with Crippen LogP contribution in [0.2, 0.25) is 0 Å². The molecule has 0 aliphatic heterocycles. The quantitative estimate of drug-likeness (QED) is 0.640. The zero-order valence-corrected chi connectivity index (χ0v) is 10.5. The second-order valence-electron chi connectivity index (χ2n) is 5.52. The molecule has 1 saturated carbocycles. The van der Waals surface area contributed by atoms with E-state index in [9.17, 15) is 0 Å². The van der Waals surface area contributed by atoms with E-state index in [4.69, 9.17) is 0 Å². The molecule has 0 aromatic rings. The fourth-order valence-electron chi connectivity index (χ4n) is 3.34. The minimum absolute atomic E-state index is 0.947. The number of hydrogen-bond donors (Lipinski definition) is 0. The van der Waals surface area contributed by atoms with Gasteiger partial charge in [-0.1, -0.05) is 56.4 Å². The van der Waals surface area contributed by atoms with Crippen LogP contribution in [0.25, 0.3) is 0 Å². The third kappa shape index (κ3) is 2.46. The largest absolute Gasteiger partial charge is 0.0798 e. The van der Waals surface area contributed by atoms with Crippen molar-refractivity contribution in [2.24, 2.45) is 5.92 Å². The minimum atomic E-state index is 0.947. The number of hydrogen-bond acceptors (Lipinski definition) is 0. The van der Waals surface area contributed by atoms with Gasteiger partial charge in [0, 0.05) is 0 Å². The maximum absolute atomic E-state index is 3.47. The van der Waals surface area contributed by atoms with Gasteiger partial charge in [-0.15, -0.1) is 0 Å². The normalized spacial score (nSPS) is 24.8. The van der Waals surface area contributed by atoms with Crippen LogP contribution in [-0.2, 0) is 0 Å². The Balaban J connectivity index is 1.72. The molecular weight excluding hydrogens is 204 g/mol. The molecule has 0 unspecified atom stereocenters. The van der Waals surface area contributed by atoms with Crippen LogP contribution in [0, 0.1) is 12.0 Å². The number of allylic oxidation sites excluding steroid dienone is 8. The lowest BCUT2D eigenvalue weighted by atomic mass is 9.83. The van der Waals surface area contributed by atoms with Gasteiger partial charge >= 0.3 is 0 Å². The molecule has 0 heteroatoms. The molecule has 3 aliphatic rings. The van der Waals surface area contributed by atoms with Crippen LogP contribution < -0.4 is 0 Å². The molecule has 0 amide bonds. The summed E-state index contributed by atoms with van der Waals surface area (Å²) < 4.78 is 0. The van der Waals surface area contributed by atoms with Gasteiger partial charge in [-0.25, -0.2) is 0 Å². The third-order valence-electron chi connectivity index (χ3n) is 4.28. The first-order valence-electron chi connectivity index (χ1n) is 7.10. The molecule has 0 heterocycles. The summed E-state index contributed by atoms with van der Waals surface area (Å²) in [6, 6.07) is 0. The molecular formula is C17H21. The monoisotopic (exact) mass is 225 g/mol. The fourth-order valence-corrected chi connectivity index (χ4v) is 3.34. The van der Waals surface area contributed by atoms with Gasteiger partial charge in [0.2, 0.25) is 0 Å². The Morgan fingerprint density at radius 1 is 1.06 bits per heavy atom. The van der Waals surface area contributed by atoms with Crippen LogP contribution in [0.5, 0.6) is 0 Å². The molecule has 0 atom stereocenters. The standard InChI is InChI=1S/C17H21/c1-2-7-14(8-3-1)13-16-11-6-12-17(16)15-9-4-5-10-15/h4,6,9,11,14H,1-3,5,7-8,12-13H2. The van der Waals surface area contributed by atoms with Crippen LogP contribution in [0.3, 0.4) is 0 Å². The highest BCUT2D eigenvalue weighted by atomic mass is 14.2. The summed E-state index contributed by atoms with van der Waals surface area (Å²) in [7, 11) is 0. The van der Waals surface area contributed by atoms with E-state index in [1.807, 2.05) is 0 Å². The van der Waals surface area contributed by atoms with Crippen molar-refractivity contribution < 1.29 is 0 Å². The summed E-state index contributed by atoms with van der Waals surface area (Å²) in [5.41, 5.74) is 4.54. The highest BCUT2D eigenvalue weighted by Crippen LogP contribution is 2.36. The van der Waals surface area contributed by atoms with Gasteiger partial charge in [0.25, 0.3) is 0 Å². The lowest BCUT2D eigenvalue weighted by Crippen LogP contribution is -2.07. The van der Waals surface area contributed by atoms with E-state index in [1.54, 1.807) is 11.1 Å². The average Bonchev–Trinajstić information content (AvgIpc) is 3.00. The predicted octanol–water partition coefficient (Wildman–Crippen LogP) is 4.90. The molecule has 0 saturated heterocycles. The lowest BCUT2D eigenvalue weighted by Gasteiger charge is -2.22. The van der Waals surface area contributed by atoms with E-state index >= 15 is 0 Å². The van der Waals surface area contributed by atoms with Crippen molar-refractivity contribution in [3.63, 3.8) is 0 Å². The predicted molar refractivity (Wildman–Crippen MR) is 72.5 cm³/mol. The van der Waals surface area contributed by atoms with Crippen molar-refractivity contribution in [1.29, 1.82) is 0 Å². The van der Waals surface area contributed by atoms with Crippen LogP contribution >= 0.6 is 0 Å².